The Morgan fingerprint density at radius 2 is 1.95 bits per heavy atom. The highest BCUT2D eigenvalue weighted by Gasteiger charge is 2.17. The number of aromatic hydroxyl groups is 1. The molecule has 0 fully saturated rings. The molecular weight excluding hydrogens is 274 g/mol. The molecule has 1 aromatic carbocycles. The number of phenols is 1. The molecule has 1 rings (SSSR count). The van der Waals surface area contributed by atoms with E-state index >= 15 is 0 Å². The van der Waals surface area contributed by atoms with Crippen LogP contribution >= 0.6 is 0 Å². The average Bonchev–Trinajstić information content (AvgIpc) is 2.30. The van der Waals surface area contributed by atoms with Gasteiger partial charge in [-0.25, -0.2) is 4.79 Å². The van der Waals surface area contributed by atoms with Gasteiger partial charge in [0.25, 0.3) is 0 Å². The molecule has 21 heavy (non-hydrogen) atoms. The van der Waals surface area contributed by atoms with Crippen molar-refractivity contribution >= 4 is 17.7 Å². The van der Waals surface area contributed by atoms with Crippen LogP contribution < -0.4 is 5.32 Å². The van der Waals surface area contributed by atoms with Gasteiger partial charge in [0.2, 0.25) is 0 Å². The molecule has 1 aromatic rings. The quantitative estimate of drug-likeness (QED) is 0.725. The molecule has 0 radical (unpaired) electrons. The van der Waals surface area contributed by atoms with Gasteiger partial charge in [0.1, 0.15) is 11.4 Å². The lowest BCUT2D eigenvalue weighted by molar-refractivity contribution is -0.137. The van der Waals surface area contributed by atoms with Crippen LogP contribution in [0.1, 0.15) is 39.2 Å². The second-order valence-electron chi connectivity index (χ2n) is 5.73. The molecule has 6 heteroatoms. The fourth-order valence-electron chi connectivity index (χ4n) is 1.70. The Hall–Kier alpha value is -2.24. The van der Waals surface area contributed by atoms with Crippen molar-refractivity contribution in [3.8, 4) is 5.75 Å². The van der Waals surface area contributed by atoms with Gasteiger partial charge in [-0.15, -0.1) is 0 Å². The van der Waals surface area contributed by atoms with E-state index in [4.69, 9.17) is 9.84 Å². The summed E-state index contributed by atoms with van der Waals surface area (Å²) in [6.07, 6.45) is 0.470. The minimum Gasteiger partial charge on any atom is -0.506 e. The van der Waals surface area contributed by atoms with Crippen molar-refractivity contribution < 1.29 is 24.5 Å². The van der Waals surface area contributed by atoms with Crippen LogP contribution in [0, 0.1) is 0 Å². The standard InChI is InChI=1S/C15H21NO5/c1-15(2,3)21-14(20)16-11-9-10(7-8-12(11)17)5-4-6-13(18)19/h7-9,17H,4-6H2,1-3H3,(H,16,20)(H,18,19). The van der Waals surface area contributed by atoms with E-state index in [9.17, 15) is 14.7 Å². The molecule has 0 heterocycles. The SMILES string of the molecule is CC(C)(C)OC(=O)Nc1cc(CCCC(=O)O)ccc1O. The summed E-state index contributed by atoms with van der Waals surface area (Å²) in [5, 5.41) is 20.8. The number of nitrogens with one attached hydrogen (secondary N) is 1. The molecule has 0 aliphatic carbocycles. The third-order valence-corrected chi connectivity index (χ3v) is 2.55. The molecular formula is C15H21NO5. The van der Waals surface area contributed by atoms with Gasteiger partial charge in [0.05, 0.1) is 5.69 Å². The number of phenolic OH excluding ortho intramolecular Hbond substituents is 1. The maximum Gasteiger partial charge on any atom is 0.412 e. The summed E-state index contributed by atoms with van der Waals surface area (Å²) < 4.78 is 5.11. The van der Waals surface area contributed by atoms with Crippen molar-refractivity contribution in [1.82, 2.24) is 0 Å². The zero-order chi connectivity index (χ0) is 16.0. The van der Waals surface area contributed by atoms with Crippen LogP contribution in [-0.4, -0.2) is 27.9 Å². The number of amides is 1. The number of benzene rings is 1. The van der Waals surface area contributed by atoms with E-state index in [1.807, 2.05) is 0 Å². The topological polar surface area (TPSA) is 95.9 Å². The first-order chi connectivity index (χ1) is 9.67. The molecule has 0 spiro atoms. The number of carboxylic acid groups (broad SMARTS) is 1. The number of carboxylic acids is 1. The van der Waals surface area contributed by atoms with Crippen LogP contribution in [0.15, 0.2) is 18.2 Å². The molecule has 116 valence electrons. The highest BCUT2D eigenvalue weighted by molar-refractivity contribution is 5.87. The van der Waals surface area contributed by atoms with Crippen molar-refractivity contribution in [2.75, 3.05) is 5.32 Å². The van der Waals surface area contributed by atoms with Gasteiger partial charge < -0.3 is 14.9 Å². The first-order valence-corrected chi connectivity index (χ1v) is 6.71. The summed E-state index contributed by atoms with van der Waals surface area (Å²) in [5.74, 6) is -0.913. The predicted molar refractivity (Wildman–Crippen MR) is 78.5 cm³/mol. The number of carbonyl (C=O) groups is 2. The Morgan fingerprint density at radius 3 is 2.52 bits per heavy atom. The predicted octanol–water partition coefficient (Wildman–Crippen LogP) is 3.15. The smallest absolute Gasteiger partial charge is 0.412 e. The zero-order valence-corrected chi connectivity index (χ0v) is 12.5. The van der Waals surface area contributed by atoms with Crippen molar-refractivity contribution in [1.29, 1.82) is 0 Å². The van der Waals surface area contributed by atoms with Crippen LogP contribution in [-0.2, 0) is 16.0 Å². The molecule has 0 saturated carbocycles. The first kappa shape index (κ1) is 16.8. The minimum atomic E-state index is -0.846. The van der Waals surface area contributed by atoms with E-state index in [1.54, 1.807) is 32.9 Å². The maximum atomic E-state index is 11.7. The fraction of sp³-hybridized carbons (Fsp3) is 0.467. The van der Waals surface area contributed by atoms with Gasteiger partial charge in [-0.3, -0.25) is 10.1 Å². The fourth-order valence-corrected chi connectivity index (χ4v) is 1.70. The lowest BCUT2D eigenvalue weighted by Gasteiger charge is -2.20. The molecule has 1 amide bonds. The third kappa shape index (κ3) is 6.65. The van der Waals surface area contributed by atoms with E-state index in [0.717, 1.165) is 5.56 Å². The Labute approximate surface area is 123 Å². The number of rotatable bonds is 5. The Bertz CT molecular complexity index is 519. The van der Waals surface area contributed by atoms with Gasteiger partial charge in [-0.1, -0.05) is 6.07 Å². The molecule has 6 nitrogen and oxygen atoms in total. The Balaban J connectivity index is 2.69. The Morgan fingerprint density at radius 1 is 1.29 bits per heavy atom. The van der Waals surface area contributed by atoms with E-state index < -0.39 is 17.7 Å². The first-order valence-electron chi connectivity index (χ1n) is 6.71. The third-order valence-electron chi connectivity index (χ3n) is 2.55. The number of anilines is 1. The Kier molecular flexibility index (Phi) is 5.58. The number of aryl methyl sites for hydroxylation is 1. The molecule has 0 unspecified atom stereocenters. The summed E-state index contributed by atoms with van der Waals surface area (Å²) in [4.78, 5) is 22.1. The summed E-state index contributed by atoms with van der Waals surface area (Å²) in [6, 6.07) is 4.77. The van der Waals surface area contributed by atoms with E-state index in [2.05, 4.69) is 5.32 Å². The second kappa shape index (κ2) is 6.97. The summed E-state index contributed by atoms with van der Waals surface area (Å²) in [6.45, 7) is 5.23. The second-order valence-corrected chi connectivity index (χ2v) is 5.73. The van der Waals surface area contributed by atoms with Gasteiger partial charge in [0.15, 0.2) is 0 Å². The number of ether oxygens (including phenoxy) is 1. The van der Waals surface area contributed by atoms with E-state index in [0.29, 0.717) is 12.8 Å². The van der Waals surface area contributed by atoms with Crippen LogP contribution in [0.3, 0.4) is 0 Å². The zero-order valence-electron chi connectivity index (χ0n) is 12.5. The van der Waals surface area contributed by atoms with Crippen molar-refractivity contribution in [3.05, 3.63) is 23.8 Å². The molecule has 3 N–H and O–H groups in total. The molecule has 0 atom stereocenters. The van der Waals surface area contributed by atoms with Gasteiger partial charge in [-0.2, -0.15) is 0 Å². The van der Waals surface area contributed by atoms with Gasteiger partial charge in [0, 0.05) is 6.42 Å². The lowest BCUT2D eigenvalue weighted by atomic mass is 10.1. The molecule has 0 bridgehead atoms. The molecule has 0 saturated heterocycles. The lowest BCUT2D eigenvalue weighted by Crippen LogP contribution is -2.27. The largest absolute Gasteiger partial charge is 0.506 e. The summed E-state index contributed by atoms with van der Waals surface area (Å²) >= 11 is 0. The van der Waals surface area contributed by atoms with Gasteiger partial charge in [-0.05, 0) is 51.3 Å². The van der Waals surface area contributed by atoms with Crippen molar-refractivity contribution in [2.24, 2.45) is 0 Å². The van der Waals surface area contributed by atoms with Crippen LogP contribution in [0.5, 0.6) is 5.75 Å². The van der Waals surface area contributed by atoms with E-state index in [-0.39, 0.29) is 17.9 Å². The highest BCUT2D eigenvalue weighted by Crippen LogP contribution is 2.25. The molecule has 0 aliphatic rings. The molecule has 0 aromatic heterocycles. The number of carbonyl (C=O) groups excluding carboxylic acids is 1. The van der Waals surface area contributed by atoms with E-state index in [1.165, 1.54) is 6.07 Å². The van der Waals surface area contributed by atoms with Crippen molar-refractivity contribution in [3.63, 3.8) is 0 Å². The number of hydrogen-bond acceptors (Lipinski definition) is 4. The highest BCUT2D eigenvalue weighted by atomic mass is 16.6. The van der Waals surface area contributed by atoms with Crippen LogP contribution in [0.25, 0.3) is 0 Å². The monoisotopic (exact) mass is 295 g/mol. The van der Waals surface area contributed by atoms with Crippen LogP contribution in [0.4, 0.5) is 10.5 Å². The number of aliphatic carboxylic acids is 1. The number of hydrogen-bond donors (Lipinski definition) is 3. The molecule has 0 aliphatic heterocycles. The van der Waals surface area contributed by atoms with Crippen LogP contribution in [0.2, 0.25) is 0 Å². The normalized spacial score (nSPS) is 11.0. The summed E-state index contributed by atoms with van der Waals surface area (Å²) in [7, 11) is 0. The minimum absolute atomic E-state index is 0.0668. The van der Waals surface area contributed by atoms with Crippen molar-refractivity contribution in [2.45, 2.75) is 45.6 Å². The van der Waals surface area contributed by atoms with Gasteiger partial charge >= 0.3 is 12.1 Å². The maximum absolute atomic E-state index is 11.7. The average molecular weight is 295 g/mol. The summed E-state index contributed by atoms with van der Waals surface area (Å²) in [5.41, 5.74) is 0.455.